The fourth-order valence-electron chi connectivity index (χ4n) is 12.2. The third-order valence-electron chi connectivity index (χ3n) is 15.4. The Kier molecular flexibility index (Phi) is 10.2. The van der Waals surface area contributed by atoms with Gasteiger partial charge in [0.2, 0.25) is 11.6 Å². The maximum atomic E-state index is 5.42. The molecule has 4 heterocycles. The minimum absolute atomic E-state index is 0.889. The van der Waals surface area contributed by atoms with Gasteiger partial charge in [-0.15, -0.1) is 10.0 Å². The Morgan fingerprint density at radius 3 is 1.28 bits per heavy atom. The Labute approximate surface area is 442 Å². The summed E-state index contributed by atoms with van der Waals surface area (Å²) >= 11 is 0. The van der Waals surface area contributed by atoms with E-state index in [1.54, 1.807) is 0 Å². The molecule has 0 amide bonds. The fourth-order valence-corrected chi connectivity index (χ4v) is 21.0. The summed E-state index contributed by atoms with van der Waals surface area (Å²) in [5, 5.41) is 5.21. The predicted molar refractivity (Wildman–Crippen MR) is 316 cm³/mol. The van der Waals surface area contributed by atoms with Crippen molar-refractivity contribution in [1.82, 2.24) is 27.9 Å². The second kappa shape index (κ2) is 17.6. The first-order chi connectivity index (χ1) is 37.7. The third kappa shape index (κ3) is 6.48. The number of fused-ring (bicyclic) bond motifs is 10. The maximum absolute atomic E-state index is 5.42. The van der Waals surface area contributed by atoms with Crippen LogP contribution < -0.4 is 20.7 Å². The fraction of sp³-hybridized carbons (Fsp3) is 0. The van der Waals surface area contributed by atoms with Gasteiger partial charge >= 0.3 is 0 Å². The van der Waals surface area contributed by atoms with Crippen LogP contribution in [0.15, 0.2) is 311 Å². The lowest BCUT2D eigenvalue weighted by Crippen LogP contribution is -2.74. The molecule has 0 aliphatic carbocycles. The van der Waals surface area contributed by atoms with E-state index in [1.807, 2.05) is 0 Å². The number of benzene rings is 11. The van der Waals surface area contributed by atoms with E-state index >= 15 is 0 Å². The SMILES string of the molecule is c1ccc(-n2c3ccccc3n3c4cc(S(c5ccccc5)(c5ccccc5)c5cccc([Si](c6ccccc6)(c6ccccc6)c6ccc7c(c6)n6c8ccccc8nc6n7-c6ccccc6)c5)ccc4nc23)cc1. The van der Waals surface area contributed by atoms with E-state index in [1.165, 1.54) is 40.3 Å². The van der Waals surface area contributed by atoms with Crippen molar-refractivity contribution in [3.63, 3.8) is 0 Å². The summed E-state index contributed by atoms with van der Waals surface area (Å²) in [6, 6.07) is 108. The molecule has 4 aromatic heterocycles. The molecule has 0 N–H and O–H groups in total. The quantitative estimate of drug-likeness (QED) is 0.101. The highest BCUT2D eigenvalue weighted by Crippen LogP contribution is 2.73. The molecule has 0 saturated carbocycles. The van der Waals surface area contributed by atoms with Gasteiger partial charge < -0.3 is 0 Å². The largest absolute Gasteiger partial charge is 0.278 e. The van der Waals surface area contributed by atoms with E-state index in [4.69, 9.17) is 9.97 Å². The molecular weight excluding hydrogens is 961 g/mol. The van der Waals surface area contributed by atoms with Crippen LogP contribution in [-0.2, 0) is 0 Å². The van der Waals surface area contributed by atoms with Crippen LogP contribution in [0.2, 0.25) is 0 Å². The van der Waals surface area contributed by atoms with E-state index in [0.717, 1.165) is 67.1 Å². The molecule has 360 valence electrons. The molecule has 11 aromatic carbocycles. The van der Waals surface area contributed by atoms with Crippen molar-refractivity contribution in [2.45, 2.75) is 19.6 Å². The molecule has 0 bridgehead atoms. The summed E-state index contributed by atoms with van der Waals surface area (Å²) in [6.45, 7) is 0. The molecule has 15 aromatic rings. The van der Waals surface area contributed by atoms with Gasteiger partial charge in [-0.1, -0.05) is 176 Å². The van der Waals surface area contributed by atoms with Crippen molar-refractivity contribution < 1.29 is 0 Å². The van der Waals surface area contributed by atoms with E-state index < -0.39 is 18.1 Å². The first-order valence-corrected chi connectivity index (χ1v) is 29.4. The third-order valence-corrected chi connectivity index (χ3v) is 24.0. The Hall–Kier alpha value is -9.47. The molecule has 0 fully saturated rings. The molecule has 6 nitrogen and oxygen atoms in total. The van der Waals surface area contributed by atoms with Crippen molar-refractivity contribution >= 4 is 94.5 Å². The van der Waals surface area contributed by atoms with Crippen molar-refractivity contribution in [1.29, 1.82) is 0 Å². The highest BCUT2D eigenvalue weighted by molar-refractivity contribution is 8.34. The van der Waals surface area contributed by atoms with Gasteiger partial charge in [0, 0.05) is 31.0 Å². The van der Waals surface area contributed by atoms with Crippen molar-refractivity contribution in [3.05, 3.63) is 291 Å². The van der Waals surface area contributed by atoms with Gasteiger partial charge in [0.25, 0.3) is 0 Å². The van der Waals surface area contributed by atoms with Gasteiger partial charge in [-0.05, 0) is 136 Å². The molecule has 0 atom stereocenters. The van der Waals surface area contributed by atoms with Crippen LogP contribution in [0.4, 0.5) is 0 Å². The van der Waals surface area contributed by atoms with E-state index in [0.29, 0.717) is 0 Å². The molecule has 76 heavy (non-hydrogen) atoms. The molecule has 0 spiro atoms. The summed E-state index contributed by atoms with van der Waals surface area (Å²) in [7, 11) is -5.44. The van der Waals surface area contributed by atoms with Gasteiger partial charge in [-0.3, -0.25) is 17.9 Å². The summed E-state index contributed by atoms with van der Waals surface area (Å²) in [5.41, 5.74) is 10.7. The molecule has 15 rings (SSSR count). The number of hydrogen-bond donors (Lipinski definition) is 0. The van der Waals surface area contributed by atoms with Crippen LogP contribution >= 0.6 is 10.0 Å². The molecule has 0 aliphatic rings. The summed E-state index contributed by atoms with van der Waals surface area (Å²) in [5.74, 6) is 1.78. The highest BCUT2D eigenvalue weighted by atomic mass is 32.3. The number of rotatable bonds is 10. The molecule has 0 saturated heterocycles. The second-order valence-corrected chi connectivity index (χ2v) is 26.3. The summed E-state index contributed by atoms with van der Waals surface area (Å²) in [6.07, 6.45) is 0. The van der Waals surface area contributed by atoms with E-state index in [9.17, 15) is 0 Å². The molecule has 0 radical (unpaired) electrons. The minimum Gasteiger partial charge on any atom is -0.278 e. The normalized spacial score (nSPS) is 12.4. The van der Waals surface area contributed by atoms with Crippen LogP contribution in [0, 0.1) is 0 Å². The van der Waals surface area contributed by atoms with Gasteiger partial charge in [0.1, 0.15) is 0 Å². The number of imidazole rings is 4. The van der Waals surface area contributed by atoms with Crippen LogP contribution in [-0.4, -0.2) is 36.0 Å². The molecule has 8 heteroatoms. The minimum atomic E-state index is -3.21. The zero-order valence-electron chi connectivity index (χ0n) is 41.3. The Morgan fingerprint density at radius 1 is 0.263 bits per heavy atom. The lowest BCUT2D eigenvalue weighted by atomic mass is 10.2. The van der Waals surface area contributed by atoms with E-state index in [2.05, 4.69) is 309 Å². The second-order valence-electron chi connectivity index (χ2n) is 19.4. The van der Waals surface area contributed by atoms with Gasteiger partial charge in [-0.25, -0.2) is 9.97 Å². The topological polar surface area (TPSA) is 44.5 Å². The Balaban J connectivity index is 1.04. The lowest BCUT2D eigenvalue weighted by Gasteiger charge is -2.43. The van der Waals surface area contributed by atoms with Crippen LogP contribution in [0.25, 0.3) is 67.1 Å². The average Bonchev–Trinajstić information content (AvgIpc) is 4.31. The first-order valence-electron chi connectivity index (χ1n) is 25.8. The van der Waals surface area contributed by atoms with Crippen molar-refractivity contribution in [3.8, 4) is 11.4 Å². The predicted octanol–water partition coefficient (Wildman–Crippen LogP) is 13.9. The first kappa shape index (κ1) is 44.1. The smallest absolute Gasteiger partial charge is 0.220 e. The van der Waals surface area contributed by atoms with Crippen molar-refractivity contribution in [2.24, 2.45) is 0 Å². The van der Waals surface area contributed by atoms with Gasteiger partial charge in [0.15, 0.2) is 8.07 Å². The zero-order valence-corrected chi connectivity index (χ0v) is 43.1. The highest BCUT2D eigenvalue weighted by Gasteiger charge is 2.44. The Morgan fingerprint density at radius 2 is 0.684 bits per heavy atom. The van der Waals surface area contributed by atoms with Crippen molar-refractivity contribution in [2.75, 3.05) is 0 Å². The van der Waals surface area contributed by atoms with Crippen LogP contribution in [0.5, 0.6) is 0 Å². The monoisotopic (exact) mass is 1010 g/mol. The number of aromatic nitrogens is 6. The lowest BCUT2D eigenvalue weighted by molar-refractivity contribution is 1.11. The summed E-state index contributed by atoms with van der Waals surface area (Å²) < 4.78 is 9.34. The van der Waals surface area contributed by atoms with Gasteiger partial charge in [-0.2, -0.15) is 0 Å². The van der Waals surface area contributed by atoms with Gasteiger partial charge in [0.05, 0.1) is 44.1 Å². The zero-order chi connectivity index (χ0) is 50.2. The molecular formula is C68H48N6SSi. The average molecular weight is 1010 g/mol. The molecule has 0 aliphatic heterocycles. The Bertz CT molecular complexity index is 4550. The number of para-hydroxylation sites is 6. The van der Waals surface area contributed by atoms with Crippen LogP contribution in [0.1, 0.15) is 0 Å². The number of nitrogens with zero attached hydrogens (tertiary/aromatic N) is 6. The van der Waals surface area contributed by atoms with E-state index in [-0.39, 0.29) is 0 Å². The standard InChI is InChI=1S/C68H48N6SSi/c1-7-24-49(25-8-1)71-62-40-21-22-41-63(62)74-65-47-54(42-44-60(65)70-68(71)74)75(51-28-11-3-12-29-51,52-30-13-4-14-31-52)53-32-23-37-57(46-53)76(55-33-15-5-16-34-55,56-35-17-6-18-36-56)58-43-45-64-66(48-58)73-61-39-20-19-38-59(61)69-67(73)72(64)50-26-9-2-10-27-50/h1-48H. The van der Waals surface area contributed by atoms with Crippen LogP contribution in [0.3, 0.4) is 0 Å². The number of hydrogen-bond acceptors (Lipinski definition) is 2. The maximum Gasteiger partial charge on any atom is 0.220 e. The molecule has 0 unspecified atom stereocenters. The summed E-state index contributed by atoms with van der Waals surface area (Å²) in [4.78, 5) is 15.8.